The van der Waals surface area contributed by atoms with Gasteiger partial charge in [0.05, 0.1) is 19.8 Å². The quantitative estimate of drug-likeness (QED) is 0.434. The molecule has 6 heteroatoms. The van der Waals surface area contributed by atoms with Gasteiger partial charge in [0.15, 0.2) is 11.5 Å². The summed E-state index contributed by atoms with van der Waals surface area (Å²) in [4.78, 5) is 32.2. The maximum absolute atomic E-state index is 14.4. The standard InChI is InChI=1S/C31H40N2O4/c1-3-19-37-27-18-17-23(20-28(27)36-2)30-31(35)32(24-13-6-4-5-7-14-24)21-29(34)33(30)26-16-10-12-22-11-8-9-15-25(22)26/h8-9,11,15,17-18,20,24,26,30H,3-7,10,12-14,16,19,21H2,1-2H3/t26-,30+/m0/s1. The molecule has 1 saturated heterocycles. The number of amides is 2. The molecule has 1 saturated carbocycles. The fraction of sp³-hybridized carbons (Fsp3) is 0.548. The third-order valence-corrected chi connectivity index (χ3v) is 8.29. The number of benzene rings is 2. The Bertz CT molecular complexity index is 1110. The van der Waals surface area contributed by atoms with E-state index in [0.29, 0.717) is 18.1 Å². The minimum atomic E-state index is -0.671. The van der Waals surface area contributed by atoms with Crippen LogP contribution in [0.4, 0.5) is 0 Å². The van der Waals surface area contributed by atoms with Crippen LogP contribution in [0.5, 0.6) is 11.5 Å². The predicted molar refractivity (Wildman–Crippen MR) is 144 cm³/mol. The van der Waals surface area contributed by atoms with Crippen molar-refractivity contribution in [2.75, 3.05) is 20.3 Å². The number of piperazine rings is 1. The average molecular weight is 505 g/mol. The van der Waals surface area contributed by atoms with Crippen LogP contribution >= 0.6 is 0 Å². The minimum absolute atomic E-state index is 0.0406. The molecule has 2 amide bonds. The van der Waals surface area contributed by atoms with E-state index in [2.05, 4.69) is 25.1 Å². The highest BCUT2D eigenvalue weighted by molar-refractivity contribution is 5.96. The number of ether oxygens (including phenoxy) is 2. The zero-order chi connectivity index (χ0) is 25.8. The Hall–Kier alpha value is -3.02. The molecule has 198 valence electrons. The summed E-state index contributed by atoms with van der Waals surface area (Å²) in [5, 5.41) is 0. The van der Waals surface area contributed by atoms with Gasteiger partial charge in [0.1, 0.15) is 12.6 Å². The summed E-state index contributed by atoms with van der Waals surface area (Å²) < 4.78 is 11.6. The Morgan fingerprint density at radius 3 is 2.46 bits per heavy atom. The first-order chi connectivity index (χ1) is 18.1. The molecule has 6 nitrogen and oxygen atoms in total. The van der Waals surface area contributed by atoms with Crippen molar-refractivity contribution in [3.8, 4) is 11.5 Å². The molecule has 0 unspecified atom stereocenters. The lowest BCUT2D eigenvalue weighted by atomic mass is 9.84. The van der Waals surface area contributed by atoms with Crippen LogP contribution in [0, 0.1) is 0 Å². The van der Waals surface area contributed by atoms with Crippen LogP contribution in [0.3, 0.4) is 0 Å². The van der Waals surface area contributed by atoms with Crippen molar-refractivity contribution in [2.24, 2.45) is 0 Å². The third kappa shape index (κ3) is 5.21. The second-order valence-electron chi connectivity index (χ2n) is 10.7. The van der Waals surface area contributed by atoms with E-state index in [0.717, 1.165) is 56.9 Å². The van der Waals surface area contributed by atoms with Gasteiger partial charge in [-0.25, -0.2) is 0 Å². The van der Waals surface area contributed by atoms with Gasteiger partial charge in [-0.15, -0.1) is 0 Å². The van der Waals surface area contributed by atoms with Crippen molar-refractivity contribution < 1.29 is 19.1 Å². The molecule has 5 rings (SSSR count). The maximum Gasteiger partial charge on any atom is 0.250 e. The Labute approximate surface area is 220 Å². The van der Waals surface area contributed by atoms with Gasteiger partial charge in [0, 0.05) is 6.04 Å². The Kier molecular flexibility index (Phi) is 8.02. The number of aryl methyl sites for hydroxylation is 1. The molecule has 0 spiro atoms. The molecule has 2 atom stereocenters. The van der Waals surface area contributed by atoms with Crippen molar-refractivity contribution >= 4 is 11.8 Å². The molecule has 1 heterocycles. The van der Waals surface area contributed by atoms with Gasteiger partial charge in [-0.05, 0) is 67.3 Å². The normalized spacial score (nSPS) is 23.0. The highest BCUT2D eigenvalue weighted by Crippen LogP contribution is 2.43. The molecular weight excluding hydrogens is 464 g/mol. The van der Waals surface area contributed by atoms with Gasteiger partial charge in [-0.3, -0.25) is 9.59 Å². The average Bonchev–Trinajstić information content (AvgIpc) is 3.22. The first-order valence-electron chi connectivity index (χ1n) is 14.1. The van der Waals surface area contributed by atoms with Gasteiger partial charge in [-0.1, -0.05) is 62.9 Å². The molecule has 2 aromatic rings. The topological polar surface area (TPSA) is 59.1 Å². The van der Waals surface area contributed by atoms with Crippen LogP contribution in [-0.2, 0) is 16.0 Å². The smallest absolute Gasteiger partial charge is 0.250 e. The molecule has 2 fully saturated rings. The first kappa shape index (κ1) is 25.6. The summed E-state index contributed by atoms with van der Waals surface area (Å²) in [6.07, 6.45) is 10.4. The van der Waals surface area contributed by atoms with Gasteiger partial charge in [-0.2, -0.15) is 0 Å². The van der Waals surface area contributed by atoms with Crippen LogP contribution in [0.2, 0.25) is 0 Å². The van der Waals surface area contributed by atoms with Crippen LogP contribution in [-0.4, -0.2) is 47.9 Å². The van der Waals surface area contributed by atoms with Crippen molar-refractivity contribution in [3.63, 3.8) is 0 Å². The van der Waals surface area contributed by atoms with Crippen molar-refractivity contribution in [1.82, 2.24) is 9.80 Å². The second-order valence-corrected chi connectivity index (χ2v) is 10.7. The van der Waals surface area contributed by atoms with E-state index in [1.165, 1.54) is 24.0 Å². The summed E-state index contributed by atoms with van der Waals surface area (Å²) in [5.41, 5.74) is 3.25. The van der Waals surface area contributed by atoms with E-state index in [4.69, 9.17) is 9.47 Å². The second kappa shape index (κ2) is 11.6. The van der Waals surface area contributed by atoms with Crippen molar-refractivity contribution in [2.45, 2.75) is 89.3 Å². The molecule has 1 aliphatic heterocycles. The number of carbonyl (C=O) groups is 2. The molecule has 3 aliphatic rings. The number of hydrogen-bond donors (Lipinski definition) is 0. The number of fused-ring (bicyclic) bond motifs is 1. The van der Waals surface area contributed by atoms with Crippen LogP contribution < -0.4 is 9.47 Å². The van der Waals surface area contributed by atoms with Crippen LogP contribution in [0.1, 0.15) is 93.5 Å². The number of carbonyl (C=O) groups excluding carboxylic acids is 2. The molecule has 0 aromatic heterocycles. The van der Waals surface area contributed by atoms with E-state index < -0.39 is 6.04 Å². The molecule has 0 radical (unpaired) electrons. The lowest BCUT2D eigenvalue weighted by molar-refractivity contribution is -0.162. The van der Waals surface area contributed by atoms with E-state index in [1.807, 2.05) is 34.1 Å². The van der Waals surface area contributed by atoms with Crippen LogP contribution in [0.15, 0.2) is 42.5 Å². The van der Waals surface area contributed by atoms with E-state index in [1.54, 1.807) is 7.11 Å². The summed E-state index contributed by atoms with van der Waals surface area (Å²) >= 11 is 0. The summed E-state index contributed by atoms with van der Waals surface area (Å²) in [6.45, 7) is 2.83. The van der Waals surface area contributed by atoms with Gasteiger partial charge in [0.2, 0.25) is 5.91 Å². The largest absolute Gasteiger partial charge is 0.493 e. The van der Waals surface area contributed by atoms with Crippen molar-refractivity contribution in [1.29, 1.82) is 0 Å². The maximum atomic E-state index is 14.4. The van der Waals surface area contributed by atoms with Gasteiger partial charge in [0.25, 0.3) is 5.91 Å². The lowest BCUT2D eigenvalue weighted by Crippen LogP contribution is -2.59. The monoisotopic (exact) mass is 504 g/mol. The predicted octanol–water partition coefficient (Wildman–Crippen LogP) is 6.00. The minimum Gasteiger partial charge on any atom is -0.493 e. The van der Waals surface area contributed by atoms with Gasteiger partial charge >= 0.3 is 0 Å². The highest BCUT2D eigenvalue weighted by Gasteiger charge is 2.46. The van der Waals surface area contributed by atoms with E-state index >= 15 is 0 Å². The Morgan fingerprint density at radius 1 is 0.919 bits per heavy atom. The fourth-order valence-electron chi connectivity index (χ4n) is 6.46. The molecule has 2 aromatic carbocycles. The lowest BCUT2D eigenvalue weighted by Gasteiger charge is -2.47. The summed E-state index contributed by atoms with van der Waals surface area (Å²) in [7, 11) is 1.62. The molecule has 2 aliphatic carbocycles. The first-order valence-corrected chi connectivity index (χ1v) is 14.1. The highest BCUT2D eigenvalue weighted by atomic mass is 16.5. The third-order valence-electron chi connectivity index (χ3n) is 8.29. The summed E-state index contributed by atoms with van der Waals surface area (Å²) in [5.74, 6) is 1.35. The molecule has 37 heavy (non-hydrogen) atoms. The van der Waals surface area contributed by atoms with Crippen LogP contribution in [0.25, 0.3) is 0 Å². The van der Waals surface area contributed by atoms with E-state index in [9.17, 15) is 9.59 Å². The Morgan fingerprint density at radius 2 is 1.70 bits per heavy atom. The van der Waals surface area contributed by atoms with E-state index in [-0.39, 0.29) is 30.4 Å². The number of hydrogen-bond acceptors (Lipinski definition) is 4. The number of nitrogens with zero attached hydrogens (tertiary/aromatic N) is 2. The zero-order valence-corrected chi connectivity index (χ0v) is 22.3. The van der Waals surface area contributed by atoms with Crippen molar-refractivity contribution in [3.05, 3.63) is 59.2 Å². The zero-order valence-electron chi connectivity index (χ0n) is 22.3. The Balaban J connectivity index is 1.56. The molecular formula is C31H40N2O4. The molecule has 0 N–H and O–H groups in total. The SMILES string of the molecule is CCCOc1ccc([C@@H]2C(=O)N(C3CCCCCC3)CC(=O)N2[C@H]2CCCc3ccccc32)cc1OC. The summed E-state index contributed by atoms with van der Waals surface area (Å²) in [6, 6.07) is 13.5. The number of methoxy groups -OCH3 is 1. The fourth-order valence-corrected chi connectivity index (χ4v) is 6.46. The number of rotatable bonds is 7. The molecule has 0 bridgehead atoms. The van der Waals surface area contributed by atoms with Gasteiger partial charge < -0.3 is 19.3 Å².